The van der Waals surface area contributed by atoms with Gasteiger partial charge in [-0.05, 0) is 5.92 Å². The Bertz CT molecular complexity index is 237. The van der Waals surface area contributed by atoms with Crippen molar-refractivity contribution in [3.63, 3.8) is 0 Å². The number of carbonyl (C=O) groups is 2. The molecule has 0 saturated heterocycles. The fourth-order valence-electron chi connectivity index (χ4n) is 1.30. The first kappa shape index (κ1) is 16.1. The van der Waals surface area contributed by atoms with Crippen molar-refractivity contribution < 1.29 is 14.3 Å². The van der Waals surface area contributed by atoms with Crippen molar-refractivity contribution in [2.24, 2.45) is 11.8 Å². The van der Waals surface area contributed by atoms with Crippen LogP contribution in [0.2, 0.25) is 0 Å². The van der Waals surface area contributed by atoms with Crippen LogP contribution in [0.4, 0.5) is 0 Å². The lowest BCUT2D eigenvalue weighted by Gasteiger charge is -2.08. The van der Waals surface area contributed by atoms with E-state index in [1.165, 1.54) is 0 Å². The summed E-state index contributed by atoms with van der Waals surface area (Å²) in [6, 6.07) is 0. The van der Waals surface area contributed by atoms with Crippen LogP contribution in [0, 0.1) is 11.8 Å². The van der Waals surface area contributed by atoms with Crippen LogP contribution in [0.5, 0.6) is 0 Å². The van der Waals surface area contributed by atoms with Crippen molar-refractivity contribution in [1.82, 2.24) is 5.32 Å². The van der Waals surface area contributed by atoms with Gasteiger partial charge in [-0.25, -0.2) is 0 Å². The molecule has 0 rings (SSSR count). The Labute approximate surface area is 104 Å². The molecule has 0 aliphatic heterocycles. The molecule has 0 aromatic rings. The van der Waals surface area contributed by atoms with Crippen molar-refractivity contribution in [1.29, 1.82) is 0 Å². The first-order valence-electron chi connectivity index (χ1n) is 6.30. The van der Waals surface area contributed by atoms with Gasteiger partial charge in [0.15, 0.2) is 0 Å². The normalized spacial score (nSPS) is 10.9. The third kappa shape index (κ3) is 10.00. The first-order valence-corrected chi connectivity index (χ1v) is 6.30. The maximum absolute atomic E-state index is 11.3. The number of carbonyl (C=O) groups excluding carboxylic acids is 2. The summed E-state index contributed by atoms with van der Waals surface area (Å²) in [5.41, 5.74) is 0. The van der Waals surface area contributed by atoms with Crippen LogP contribution in [0.1, 0.15) is 40.5 Å². The molecular formula is C13H25NO3. The van der Waals surface area contributed by atoms with Gasteiger partial charge in [-0.2, -0.15) is 0 Å². The fraction of sp³-hybridized carbons (Fsp3) is 0.846. The zero-order valence-corrected chi connectivity index (χ0v) is 11.4. The molecular weight excluding hydrogens is 218 g/mol. The third-order valence-corrected chi connectivity index (χ3v) is 2.23. The monoisotopic (exact) mass is 243 g/mol. The second-order valence-electron chi connectivity index (χ2n) is 4.94. The predicted molar refractivity (Wildman–Crippen MR) is 67.7 cm³/mol. The van der Waals surface area contributed by atoms with Crippen LogP contribution < -0.4 is 5.32 Å². The summed E-state index contributed by atoms with van der Waals surface area (Å²) in [6.07, 6.45) is 1.09. The largest absolute Gasteiger partial charge is 0.379 e. The lowest BCUT2D eigenvalue weighted by molar-refractivity contribution is -0.124. The van der Waals surface area contributed by atoms with Crippen LogP contribution in [-0.2, 0) is 14.3 Å². The lowest BCUT2D eigenvalue weighted by atomic mass is 10.1. The molecule has 0 bridgehead atoms. The molecule has 0 aliphatic rings. The minimum atomic E-state index is 0.00243. The number of nitrogens with one attached hydrogen (secondary N) is 1. The minimum Gasteiger partial charge on any atom is -0.379 e. The lowest BCUT2D eigenvalue weighted by Crippen LogP contribution is -2.30. The number of rotatable bonds is 9. The SMILES string of the molecule is CC(C)CC(=O)CCOCCNC(=O)C(C)C. The topological polar surface area (TPSA) is 55.4 Å². The Hall–Kier alpha value is -0.900. The number of amides is 1. The maximum Gasteiger partial charge on any atom is 0.222 e. The van der Waals surface area contributed by atoms with Gasteiger partial charge in [0.2, 0.25) is 5.91 Å². The number of ketones is 1. The quantitative estimate of drug-likeness (QED) is 0.628. The van der Waals surface area contributed by atoms with Crippen LogP contribution in [0.3, 0.4) is 0 Å². The Kier molecular flexibility index (Phi) is 8.68. The maximum atomic E-state index is 11.3. The van der Waals surface area contributed by atoms with Gasteiger partial charge in [-0.1, -0.05) is 27.7 Å². The highest BCUT2D eigenvalue weighted by Crippen LogP contribution is 2.02. The summed E-state index contributed by atoms with van der Waals surface area (Å²) in [5.74, 6) is 0.686. The molecule has 1 amide bonds. The smallest absolute Gasteiger partial charge is 0.222 e. The first-order chi connectivity index (χ1) is 7.93. The summed E-state index contributed by atoms with van der Waals surface area (Å²) < 4.78 is 5.28. The van der Waals surface area contributed by atoms with Gasteiger partial charge in [-0.15, -0.1) is 0 Å². The van der Waals surface area contributed by atoms with E-state index in [-0.39, 0.29) is 17.6 Å². The molecule has 0 heterocycles. The molecule has 0 aromatic heterocycles. The molecule has 1 N–H and O–H groups in total. The molecule has 0 unspecified atom stereocenters. The summed E-state index contributed by atoms with van der Waals surface area (Å²) in [5, 5.41) is 2.75. The third-order valence-electron chi connectivity index (χ3n) is 2.23. The van der Waals surface area contributed by atoms with Gasteiger partial charge < -0.3 is 10.1 Å². The molecule has 0 saturated carbocycles. The van der Waals surface area contributed by atoms with Gasteiger partial charge in [0.25, 0.3) is 0 Å². The van der Waals surface area contributed by atoms with E-state index in [1.807, 2.05) is 27.7 Å². The molecule has 0 radical (unpaired) electrons. The number of hydrogen-bond donors (Lipinski definition) is 1. The van der Waals surface area contributed by atoms with Gasteiger partial charge in [0.1, 0.15) is 5.78 Å². The van der Waals surface area contributed by atoms with Crippen molar-refractivity contribution in [2.75, 3.05) is 19.8 Å². The highest BCUT2D eigenvalue weighted by Gasteiger charge is 2.06. The molecule has 0 spiro atoms. The van der Waals surface area contributed by atoms with Gasteiger partial charge in [-0.3, -0.25) is 9.59 Å². The van der Waals surface area contributed by atoms with Crippen molar-refractivity contribution in [2.45, 2.75) is 40.5 Å². The van der Waals surface area contributed by atoms with Crippen molar-refractivity contribution in [3.05, 3.63) is 0 Å². The van der Waals surface area contributed by atoms with Crippen molar-refractivity contribution in [3.8, 4) is 0 Å². The minimum absolute atomic E-state index is 0.00243. The summed E-state index contributed by atoms with van der Waals surface area (Å²) in [7, 11) is 0. The second-order valence-corrected chi connectivity index (χ2v) is 4.94. The second kappa shape index (κ2) is 9.16. The highest BCUT2D eigenvalue weighted by atomic mass is 16.5. The zero-order valence-electron chi connectivity index (χ0n) is 11.4. The van der Waals surface area contributed by atoms with E-state index in [0.717, 1.165) is 0 Å². The standard InChI is InChI=1S/C13H25NO3/c1-10(2)9-12(15)5-7-17-8-6-14-13(16)11(3)4/h10-11H,5-9H2,1-4H3,(H,14,16). The van der Waals surface area contributed by atoms with Crippen LogP contribution in [0.15, 0.2) is 0 Å². The molecule has 4 heteroatoms. The highest BCUT2D eigenvalue weighted by molar-refractivity contribution is 5.78. The Balaban J connectivity index is 3.35. The van der Waals surface area contributed by atoms with Crippen LogP contribution in [0.25, 0.3) is 0 Å². The van der Waals surface area contributed by atoms with Crippen molar-refractivity contribution >= 4 is 11.7 Å². The van der Waals surface area contributed by atoms with E-state index in [1.54, 1.807) is 0 Å². The zero-order chi connectivity index (χ0) is 13.3. The Morgan fingerprint density at radius 3 is 2.29 bits per heavy atom. The van der Waals surface area contributed by atoms with E-state index < -0.39 is 0 Å². The van der Waals surface area contributed by atoms with E-state index in [9.17, 15) is 9.59 Å². The number of Topliss-reactive ketones (excluding diaryl/α,β-unsaturated/α-hetero) is 1. The summed E-state index contributed by atoms with van der Waals surface area (Å²) >= 11 is 0. The molecule has 0 aromatic carbocycles. The van der Waals surface area contributed by atoms with Crippen LogP contribution in [-0.4, -0.2) is 31.4 Å². The Morgan fingerprint density at radius 2 is 1.76 bits per heavy atom. The number of hydrogen-bond acceptors (Lipinski definition) is 3. The van der Waals surface area contributed by atoms with E-state index in [0.29, 0.717) is 38.5 Å². The molecule has 100 valence electrons. The molecule has 4 nitrogen and oxygen atoms in total. The predicted octanol–water partition coefficient (Wildman–Crippen LogP) is 1.78. The summed E-state index contributed by atoms with van der Waals surface area (Å²) in [4.78, 5) is 22.5. The van der Waals surface area contributed by atoms with E-state index >= 15 is 0 Å². The fourth-order valence-corrected chi connectivity index (χ4v) is 1.30. The molecule has 0 aliphatic carbocycles. The average Bonchev–Trinajstić information content (AvgIpc) is 2.21. The number of ether oxygens (including phenoxy) is 1. The van der Waals surface area contributed by atoms with E-state index in [2.05, 4.69) is 5.32 Å². The summed E-state index contributed by atoms with van der Waals surface area (Å²) in [6.45, 7) is 9.17. The van der Waals surface area contributed by atoms with E-state index in [4.69, 9.17) is 4.74 Å². The van der Waals surface area contributed by atoms with Crippen LogP contribution >= 0.6 is 0 Å². The Morgan fingerprint density at radius 1 is 1.12 bits per heavy atom. The van der Waals surface area contributed by atoms with Gasteiger partial charge >= 0.3 is 0 Å². The average molecular weight is 243 g/mol. The van der Waals surface area contributed by atoms with Gasteiger partial charge in [0.05, 0.1) is 13.2 Å². The molecule has 17 heavy (non-hydrogen) atoms. The molecule has 0 atom stereocenters. The van der Waals surface area contributed by atoms with Gasteiger partial charge in [0, 0.05) is 25.3 Å². The molecule has 0 fully saturated rings.